The normalized spacial score (nSPS) is 23.2. The molecule has 1 fully saturated rings. The van der Waals surface area contributed by atoms with Gasteiger partial charge in [-0.05, 0) is 44.7 Å². The number of nitrogens with one attached hydrogen (secondary N) is 2. The van der Waals surface area contributed by atoms with Crippen LogP contribution in [-0.4, -0.2) is 34.8 Å². The second-order valence-corrected chi connectivity index (χ2v) is 7.18. The highest BCUT2D eigenvalue weighted by atomic mass is 16.2. The molecular formula is C17H21N3O3. The highest BCUT2D eigenvalue weighted by molar-refractivity contribution is 6.09. The Bertz CT molecular complexity index is 693. The number of aryl methyl sites for hydroxylation is 1. The number of nitrogens with zero attached hydrogens (tertiary/aromatic N) is 1. The quantitative estimate of drug-likeness (QED) is 0.807. The summed E-state index contributed by atoms with van der Waals surface area (Å²) in [6.45, 7) is 5.30. The smallest absolute Gasteiger partial charge is 0.325 e. The van der Waals surface area contributed by atoms with E-state index >= 15 is 0 Å². The molecule has 1 aliphatic carbocycles. The van der Waals surface area contributed by atoms with Crippen LogP contribution >= 0.6 is 0 Å². The number of fused-ring (bicyclic) bond motifs is 2. The second-order valence-electron chi connectivity index (χ2n) is 7.18. The number of urea groups is 1. The monoisotopic (exact) mass is 315 g/mol. The topological polar surface area (TPSA) is 78.5 Å². The molecule has 2 N–H and O–H groups in total. The molecule has 4 amide bonds. The summed E-state index contributed by atoms with van der Waals surface area (Å²) in [7, 11) is 0. The number of imide groups is 1. The molecule has 1 spiro atoms. The summed E-state index contributed by atoms with van der Waals surface area (Å²) in [5.41, 5.74) is 0.503. The fourth-order valence-corrected chi connectivity index (χ4v) is 3.33. The maximum Gasteiger partial charge on any atom is 0.325 e. The lowest BCUT2D eigenvalue weighted by Gasteiger charge is -2.24. The zero-order valence-electron chi connectivity index (χ0n) is 13.6. The Labute approximate surface area is 135 Å². The van der Waals surface area contributed by atoms with E-state index in [1.54, 1.807) is 0 Å². The van der Waals surface area contributed by atoms with Gasteiger partial charge in [-0.1, -0.05) is 24.3 Å². The standard InChI is InChI=1S/C17H21N3O3/c1-16(2,3)18-13(21)10-20-14(22)17(19-15(20)23)9-8-11-6-4-5-7-12(11)17/h4-7H,8-10H2,1-3H3,(H,18,21)(H,19,23). The fourth-order valence-electron chi connectivity index (χ4n) is 3.33. The predicted molar refractivity (Wildman–Crippen MR) is 84.6 cm³/mol. The maximum atomic E-state index is 12.9. The molecule has 1 aromatic rings. The van der Waals surface area contributed by atoms with Crippen molar-refractivity contribution in [2.75, 3.05) is 6.54 Å². The van der Waals surface area contributed by atoms with E-state index in [2.05, 4.69) is 10.6 Å². The average Bonchev–Trinajstić information content (AvgIpc) is 2.92. The van der Waals surface area contributed by atoms with Crippen LogP contribution in [0.15, 0.2) is 24.3 Å². The van der Waals surface area contributed by atoms with Crippen molar-refractivity contribution >= 4 is 17.8 Å². The van der Waals surface area contributed by atoms with Gasteiger partial charge in [-0.3, -0.25) is 14.5 Å². The third-order valence-corrected chi connectivity index (χ3v) is 4.24. The van der Waals surface area contributed by atoms with Crippen LogP contribution in [0.1, 0.15) is 38.3 Å². The van der Waals surface area contributed by atoms with E-state index in [0.29, 0.717) is 6.42 Å². The van der Waals surface area contributed by atoms with Crippen molar-refractivity contribution in [3.8, 4) is 0 Å². The summed E-state index contributed by atoms with van der Waals surface area (Å²) < 4.78 is 0. The third kappa shape index (κ3) is 2.58. The van der Waals surface area contributed by atoms with Gasteiger partial charge in [-0.15, -0.1) is 0 Å². The van der Waals surface area contributed by atoms with Crippen LogP contribution in [0.25, 0.3) is 0 Å². The molecule has 3 rings (SSSR count). The van der Waals surface area contributed by atoms with Crippen LogP contribution in [-0.2, 0) is 21.5 Å². The molecule has 0 radical (unpaired) electrons. The van der Waals surface area contributed by atoms with Gasteiger partial charge in [-0.25, -0.2) is 4.79 Å². The molecule has 122 valence electrons. The number of carbonyl (C=O) groups is 3. The first kappa shape index (κ1) is 15.5. The number of carbonyl (C=O) groups excluding carboxylic acids is 3. The summed E-state index contributed by atoms with van der Waals surface area (Å²) in [6.07, 6.45) is 1.28. The van der Waals surface area contributed by atoms with Crippen molar-refractivity contribution in [1.29, 1.82) is 0 Å². The molecule has 0 aromatic heterocycles. The van der Waals surface area contributed by atoms with Crippen LogP contribution in [0, 0.1) is 0 Å². The Morgan fingerprint density at radius 2 is 2.00 bits per heavy atom. The second kappa shape index (κ2) is 5.08. The lowest BCUT2D eigenvalue weighted by molar-refractivity contribution is -0.135. The van der Waals surface area contributed by atoms with Crippen molar-refractivity contribution < 1.29 is 14.4 Å². The van der Waals surface area contributed by atoms with Crippen molar-refractivity contribution in [3.63, 3.8) is 0 Å². The first-order valence-electron chi connectivity index (χ1n) is 7.76. The number of hydrogen-bond acceptors (Lipinski definition) is 3. The van der Waals surface area contributed by atoms with Gasteiger partial charge >= 0.3 is 6.03 Å². The molecule has 0 saturated carbocycles. The minimum Gasteiger partial charge on any atom is -0.350 e. The number of benzene rings is 1. The fraction of sp³-hybridized carbons (Fsp3) is 0.471. The summed E-state index contributed by atoms with van der Waals surface area (Å²) in [6, 6.07) is 7.13. The van der Waals surface area contributed by atoms with E-state index in [0.717, 1.165) is 22.4 Å². The molecule has 6 nitrogen and oxygen atoms in total. The molecule has 1 aliphatic heterocycles. The zero-order chi connectivity index (χ0) is 16.8. The molecule has 1 unspecified atom stereocenters. The van der Waals surface area contributed by atoms with Gasteiger partial charge in [-0.2, -0.15) is 0 Å². The molecule has 1 aromatic carbocycles. The van der Waals surface area contributed by atoms with Crippen molar-refractivity contribution in [2.24, 2.45) is 0 Å². The first-order chi connectivity index (χ1) is 10.7. The number of rotatable bonds is 2. The van der Waals surface area contributed by atoms with Gasteiger partial charge < -0.3 is 10.6 Å². The van der Waals surface area contributed by atoms with Gasteiger partial charge in [0.15, 0.2) is 0 Å². The minimum atomic E-state index is -1.00. The van der Waals surface area contributed by atoms with Gasteiger partial charge in [0.2, 0.25) is 5.91 Å². The Balaban J connectivity index is 1.83. The Hall–Kier alpha value is -2.37. The minimum absolute atomic E-state index is 0.258. The summed E-state index contributed by atoms with van der Waals surface area (Å²) in [4.78, 5) is 38.2. The lowest BCUT2D eigenvalue weighted by Crippen LogP contribution is -2.48. The number of amides is 4. The molecule has 2 aliphatic rings. The lowest BCUT2D eigenvalue weighted by atomic mass is 9.92. The van der Waals surface area contributed by atoms with Gasteiger partial charge in [0.25, 0.3) is 5.91 Å². The van der Waals surface area contributed by atoms with Crippen LogP contribution < -0.4 is 10.6 Å². The molecule has 1 atom stereocenters. The van der Waals surface area contributed by atoms with Gasteiger partial charge in [0.05, 0.1) is 0 Å². The van der Waals surface area contributed by atoms with Crippen LogP contribution in [0.4, 0.5) is 4.79 Å². The van der Waals surface area contributed by atoms with Crippen molar-refractivity contribution in [3.05, 3.63) is 35.4 Å². The Morgan fingerprint density at radius 3 is 2.70 bits per heavy atom. The Kier molecular flexibility index (Phi) is 3.43. The molecule has 23 heavy (non-hydrogen) atoms. The van der Waals surface area contributed by atoms with Gasteiger partial charge in [0, 0.05) is 5.54 Å². The van der Waals surface area contributed by atoms with E-state index in [1.807, 2.05) is 45.0 Å². The van der Waals surface area contributed by atoms with Crippen LogP contribution in [0.2, 0.25) is 0 Å². The van der Waals surface area contributed by atoms with E-state index < -0.39 is 17.1 Å². The maximum absolute atomic E-state index is 12.9. The van der Waals surface area contributed by atoms with E-state index in [-0.39, 0.29) is 18.4 Å². The first-order valence-corrected chi connectivity index (χ1v) is 7.76. The van der Waals surface area contributed by atoms with Gasteiger partial charge in [0.1, 0.15) is 12.1 Å². The van der Waals surface area contributed by atoms with Crippen LogP contribution in [0.5, 0.6) is 0 Å². The van der Waals surface area contributed by atoms with Crippen molar-refractivity contribution in [1.82, 2.24) is 15.5 Å². The highest BCUT2D eigenvalue weighted by Gasteiger charge is 2.55. The molecule has 6 heteroatoms. The summed E-state index contributed by atoms with van der Waals surface area (Å²) in [5.74, 6) is -0.680. The average molecular weight is 315 g/mol. The Morgan fingerprint density at radius 1 is 1.30 bits per heavy atom. The van der Waals surface area contributed by atoms with E-state index in [9.17, 15) is 14.4 Å². The largest absolute Gasteiger partial charge is 0.350 e. The third-order valence-electron chi connectivity index (χ3n) is 4.24. The molecule has 0 bridgehead atoms. The number of hydrogen-bond donors (Lipinski definition) is 2. The van der Waals surface area contributed by atoms with Crippen molar-refractivity contribution in [2.45, 2.75) is 44.7 Å². The predicted octanol–water partition coefficient (Wildman–Crippen LogP) is 1.29. The van der Waals surface area contributed by atoms with E-state index in [4.69, 9.17) is 0 Å². The zero-order valence-corrected chi connectivity index (χ0v) is 13.6. The SMILES string of the molecule is CC(C)(C)NC(=O)CN1C(=O)NC2(CCc3ccccc32)C1=O. The van der Waals surface area contributed by atoms with E-state index in [1.165, 1.54) is 0 Å². The molecule has 1 heterocycles. The summed E-state index contributed by atoms with van der Waals surface area (Å²) >= 11 is 0. The highest BCUT2D eigenvalue weighted by Crippen LogP contribution is 2.41. The molecular weight excluding hydrogens is 294 g/mol. The molecule has 1 saturated heterocycles. The summed E-state index contributed by atoms with van der Waals surface area (Å²) in [5, 5.41) is 5.58. The van der Waals surface area contributed by atoms with Crippen LogP contribution in [0.3, 0.4) is 0 Å².